The highest BCUT2D eigenvalue weighted by Crippen LogP contribution is 2.28. The van der Waals surface area contributed by atoms with Gasteiger partial charge in [0.25, 0.3) is 0 Å². The van der Waals surface area contributed by atoms with Gasteiger partial charge in [-0.05, 0) is 30.9 Å². The number of benzene rings is 1. The molecule has 25 heavy (non-hydrogen) atoms. The molecule has 1 atom stereocenters. The maximum atomic E-state index is 13.1. The van der Waals surface area contributed by atoms with Crippen LogP contribution in [-0.4, -0.2) is 47.0 Å². The van der Waals surface area contributed by atoms with Gasteiger partial charge in [0.05, 0.1) is 17.6 Å². The summed E-state index contributed by atoms with van der Waals surface area (Å²) in [5.41, 5.74) is 0.980. The van der Waals surface area contributed by atoms with Gasteiger partial charge in [0.15, 0.2) is 0 Å². The number of amides is 1. The van der Waals surface area contributed by atoms with Crippen LogP contribution in [0.25, 0.3) is 11.0 Å². The third-order valence-electron chi connectivity index (χ3n) is 4.31. The molecule has 0 spiro atoms. The molecule has 9 heteroatoms. The monoisotopic (exact) mass is 382 g/mol. The molecule has 0 saturated carbocycles. The molecule has 1 fully saturated rings. The zero-order chi connectivity index (χ0) is 18.0. The average Bonchev–Trinajstić information content (AvgIpc) is 3.08. The van der Waals surface area contributed by atoms with Crippen LogP contribution in [0.2, 0.25) is 0 Å². The summed E-state index contributed by atoms with van der Waals surface area (Å²) in [5.74, 6) is -0.0145. The lowest BCUT2D eigenvalue weighted by Gasteiger charge is -2.31. The number of carbonyl (C=O) groups excluding carboxylic acids is 1. The third-order valence-corrected chi connectivity index (χ3v) is 6.75. The van der Waals surface area contributed by atoms with Gasteiger partial charge in [0, 0.05) is 19.6 Å². The van der Waals surface area contributed by atoms with Gasteiger partial charge >= 0.3 is 0 Å². The highest BCUT2D eigenvalue weighted by molar-refractivity contribution is 7.89. The normalized spacial score (nSPS) is 19.4. The molecule has 1 aliphatic rings. The number of sulfonamides is 1. The summed E-state index contributed by atoms with van der Waals surface area (Å²) in [6, 6.07) is 4.98. The summed E-state index contributed by atoms with van der Waals surface area (Å²) < 4.78 is 35.8. The van der Waals surface area contributed by atoms with Gasteiger partial charge in [-0.1, -0.05) is 19.9 Å². The van der Waals surface area contributed by atoms with Gasteiger partial charge in [-0.15, -0.1) is 0 Å². The van der Waals surface area contributed by atoms with Crippen LogP contribution < -0.4 is 5.32 Å². The van der Waals surface area contributed by atoms with Crippen molar-refractivity contribution in [3.63, 3.8) is 0 Å². The molecule has 1 aromatic carbocycles. The number of carbonyl (C=O) groups is 1. The number of nitrogens with one attached hydrogen (secondary N) is 1. The van der Waals surface area contributed by atoms with Crippen LogP contribution in [0.4, 0.5) is 0 Å². The van der Waals surface area contributed by atoms with Gasteiger partial charge < -0.3 is 5.32 Å². The number of hydrogen-bond acceptors (Lipinski definition) is 6. The number of nitrogens with zero attached hydrogens (tertiary/aromatic N) is 3. The van der Waals surface area contributed by atoms with Crippen molar-refractivity contribution in [2.45, 2.75) is 31.6 Å². The SMILES string of the molecule is CC(C)CNC(=O)[C@H]1CCCN(S(=O)(=O)c2cccc3nsnc23)C1. The Morgan fingerprint density at radius 3 is 2.96 bits per heavy atom. The first-order valence-electron chi connectivity index (χ1n) is 8.38. The van der Waals surface area contributed by atoms with E-state index in [1.807, 2.05) is 13.8 Å². The Hall–Kier alpha value is -1.58. The van der Waals surface area contributed by atoms with Crippen LogP contribution in [0.15, 0.2) is 23.1 Å². The van der Waals surface area contributed by atoms with E-state index in [0.29, 0.717) is 42.9 Å². The Morgan fingerprint density at radius 2 is 2.20 bits per heavy atom. The number of rotatable bonds is 5. The van der Waals surface area contributed by atoms with Crippen molar-refractivity contribution in [3.05, 3.63) is 18.2 Å². The first-order chi connectivity index (χ1) is 11.9. The summed E-state index contributed by atoms with van der Waals surface area (Å²) in [4.78, 5) is 12.5. The van der Waals surface area contributed by atoms with E-state index in [2.05, 4.69) is 14.1 Å². The van der Waals surface area contributed by atoms with E-state index >= 15 is 0 Å². The van der Waals surface area contributed by atoms with Crippen molar-refractivity contribution in [3.8, 4) is 0 Å². The van der Waals surface area contributed by atoms with Gasteiger partial charge in [0.1, 0.15) is 15.9 Å². The van der Waals surface area contributed by atoms with E-state index in [0.717, 1.165) is 11.7 Å². The molecule has 2 aromatic rings. The van der Waals surface area contributed by atoms with Gasteiger partial charge in [-0.3, -0.25) is 4.79 Å². The smallest absolute Gasteiger partial charge is 0.245 e. The zero-order valence-corrected chi connectivity index (χ0v) is 15.9. The minimum Gasteiger partial charge on any atom is -0.356 e. The maximum absolute atomic E-state index is 13.1. The zero-order valence-electron chi connectivity index (χ0n) is 14.3. The van der Waals surface area contributed by atoms with Crippen molar-refractivity contribution in [2.75, 3.05) is 19.6 Å². The Bertz CT molecular complexity index is 863. The Balaban J connectivity index is 1.80. The van der Waals surface area contributed by atoms with Crippen LogP contribution in [-0.2, 0) is 14.8 Å². The lowest BCUT2D eigenvalue weighted by atomic mass is 9.98. The van der Waals surface area contributed by atoms with Gasteiger partial charge in [-0.25, -0.2) is 8.42 Å². The summed E-state index contributed by atoms with van der Waals surface area (Å²) in [6.07, 6.45) is 1.38. The standard InChI is InChI=1S/C16H22N4O3S2/c1-11(2)9-17-16(21)12-5-4-8-20(10-12)25(22,23)14-7-3-6-13-15(14)19-24-18-13/h3,6-7,11-12H,4-5,8-10H2,1-2H3,(H,17,21)/t12-/m0/s1. The van der Waals surface area contributed by atoms with Crippen LogP contribution in [0.5, 0.6) is 0 Å². The topological polar surface area (TPSA) is 92.3 Å². The first kappa shape index (κ1) is 18.2. The van der Waals surface area contributed by atoms with E-state index in [1.54, 1.807) is 18.2 Å². The Labute approximate surface area is 151 Å². The van der Waals surface area contributed by atoms with Crippen molar-refractivity contribution < 1.29 is 13.2 Å². The molecule has 7 nitrogen and oxygen atoms in total. The molecule has 1 saturated heterocycles. The Morgan fingerprint density at radius 1 is 1.40 bits per heavy atom. The van der Waals surface area contributed by atoms with Crippen molar-refractivity contribution >= 4 is 38.7 Å². The van der Waals surface area contributed by atoms with Crippen molar-refractivity contribution in [1.29, 1.82) is 0 Å². The molecular weight excluding hydrogens is 360 g/mol. The highest BCUT2D eigenvalue weighted by Gasteiger charge is 2.34. The minimum absolute atomic E-state index is 0.0675. The second-order valence-electron chi connectivity index (χ2n) is 6.73. The van der Waals surface area contributed by atoms with Crippen molar-refractivity contribution in [1.82, 2.24) is 18.4 Å². The molecule has 1 amide bonds. The second-order valence-corrected chi connectivity index (χ2v) is 9.16. The quantitative estimate of drug-likeness (QED) is 0.852. The molecule has 0 unspecified atom stereocenters. The van der Waals surface area contributed by atoms with Crippen molar-refractivity contribution in [2.24, 2.45) is 11.8 Å². The van der Waals surface area contributed by atoms with E-state index < -0.39 is 10.0 Å². The number of hydrogen-bond donors (Lipinski definition) is 1. The van der Waals surface area contributed by atoms with Crippen LogP contribution in [0.3, 0.4) is 0 Å². The average molecular weight is 383 g/mol. The molecule has 0 radical (unpaired) electrons. The molecule has 136 valence electrons. The number of piperidine rings is 1. The summed E-state index contributed by atoms with van der Waals surface area (Å²) >= 11 is 0.997. The van der Waals surface area contributed by atoms with E-state index in [1.165, 1.54) is 4.31 Å². The molecule has 1 aliphatic heterocycles. The van der Waals surface area contributed by atoms with E-state index in [9.17, 15) is 13.2 Å². The van der Waals surface area contributed by atoms with E-state index in [-0.39, 0.29) is 23.3 Å². The summed E-state index contributed by atoms with van der Waals surface area (Å²) in [6.45, 7) is 5.29. The second kappa shape index (κ2) is 7.35. The van der Waals surface area contributed by atoms with Crippen LogP contribution >= 0.6 is 11.7 Å². The lowest BCUT2D eigenvalue weighted by molar-refractivity contribution is -0.126. The predicted octanol–water partition coefficient (Wildman–Crippen LogP) is 1.86. The maximum Gasteiger partial charge on any atom is 0.245 e. The Kier molecular flexibility index (Phi) is 5.35. The molecule has 1 N–H and O–H groups in total. The third kappa shape index (κ3) is 3.83. The largest absolute Gasteiger partial charge is 0.356 e. The fourth-order valence-corrected chi connectivity index (χ4v) is 5.23. The minimum atomic E-state index is -3.70. The van der Waals surface area contributed by atoms with Gasteiger partial charge in [-0.2, -0.15) is 13.1 Å². The molecule has 0 bridgehead atoms. The first-order valence-corrected chi connectivity index (χ1v) is 10.6. The number of aromatic nitrogens is 2. The molecular formula is C16H22N4O3S2. The molecule has 0 aliphatic carbocycles. The van der Waals surface area contributed by atoms with Crippen LogP contribution in [0, 0.1) is 11.8 Å². The van der Waals surface area contributed by atoms with Crippen LogP contribution in [0.1, 0.15) is 26.7 Å². The van der Waals surface area contributed by atoms with Gasteiger partial charge in [0.2, 0.25) is 15.9 Å². The fourth-order valence-electron chi connectivity index (χ4n) is 2.95. The predicted molar refractivity (Wildman–Crippen MR) is 96.7 cm³/mol. The summed E-state index contributed by atoms with van der Waals surface area (Å²) in [7, 11) is -3.70. The molecule has 2 heterocycles. The fraction of sp³-hybridized carbons (Fsp3) is 0.562. The van der Waals surface area contributed by atoms with E-state index in [4.69, 9.17) is 0 Å². The summed E-state index contributed by atoms with van der Waals surface area (Å²) in [5, 5.41) is 2.91. The molecule has 1 aromatic heterocycles. The lowest BCUT2D eigenvalue weighted by Crippen LogP contribution is -2.45. The highest BCUT2D eigenvalue weighted by atomic mass is 32.2. The molecule has 3 rings (SSSR count). The number of fused-ring (bicyclic) bond motifs is 1.